The predicted octanol–water partition coefficient (Wildman–Crippen LogP) is 1.24. The maximum absolute atomic E-state index is 12.2. The van der Waals surface area contributed by atoms with Crippen molar-refractivity contribution in [1.82, 2.24) is 4.90 Å². The second-order valence-corrected chi connectivity index (χ2v) is 5.72. The van der Waals surface area contributed by atoms with Crippen LogP contribution >= 0.6 is 11.3 Å². The number of rotatable bonds is 2. The highest BCUT2D eigenvalue weighted by Crippen LogP contribution is 2.19. The van der Waals surface area contributed by atoms with Crippen molar-refractivity contribution in [2.45, 2.75) is 26.0 Å². The van der Waals surface area contributed by atoms with Gasteiger partial charge in [-0.05, 0) is 26.0 Å². The highest BCUT2D eigenvalue weighted by atomic mass is 32.1. The van der Waals surface area contributed by atoms with Gasteiger partial charge in [0.15, 0.2) is 0 Å². The van der Waals surface area contributed by atoms with Crippen LogP contribution in [0.4, 0.5) is 0 Å². The Morgan fingerprint density at radius 1 is 1.65 bits per heavy atom. The van der Waals surface area contributed by atoms with E-state index in [4.69, 9.17) is 10.5 Å². The normalized spacial score (nSPS) is 22.5. The molecule has 17 heavy (non-hydrogen) atoms. The summed E-state index contributed by atoms with van der Waals surface area (Å²) in [5.41, 5.74) is 5.81. The maximum atomic E-state index is 12.2. The lowest BCUT2D eigenvalue weighted by molar-refractivity contribution is -0.0298. The van der Waals surface area contributed by atoms with Crippen molar-refractivity contribution in [2.24, 2.45) is 5.73 Å². The Balaban J connectivity index is 2.04. The third-order valence-electron chi connectivity index (χ3n) is 2.92. The van der Waals surface area contributed by atoms with Gasteiger partial charge in [0.2, 0.25) is 0 Å². The molecule has 0 aliphatic carbocycles. The molecular weight excluding hydrogens is 236 g/mol. The molecule has 2 N–H and O–H groups in total. The molecule has 1 aliphatic rings. The number of ether oxygens (including phenoxy) is 1. The molecule has 4 nitrogen and oxygen atoms in total. The first-order valence-corrected chi connectivity index (χ1v) is 6.62. The van der Waals surface area contributed by atoms with E-state index < -0.39 is 0 Å². The van der Waals surface area contributed by atoms with Crippen molar-refractivity contribution < 1.29 is 9.53 Å². The van der Waals surface area contributed by atoms with Gasteiger partial charge < -0.3 is 15.4 Å². The van der Waals surface area contributed by atoms with Crippen LogP contribution in [0.5, 0.6) is 0 Å². The Morgan fingerprint density at radius 2 is 2.41 bits per heavy atom. The van der Waals surface area contributed by atoms with Crippen molar-refractivity contribution in [3.05, 3.63) is 21.9 Å². The largest absolute Gasteiger partial charge is 0.373 e. The lowest BCUT2D eigenvalue weighted by Crippen LogP contribution is -2.51. The zero-order chi connectivity index (χ0) is 12.4. The molecule has 0 bridgehead atoms. The average molecular weight is 254 g/mol. The van der Waals surface area contributed by atoms with E-state index in [1.807, 2.05) is 30.9 Å². The molecule has 2 unspecified atom stereocenters. The first kappa shape index (κ1) is 12.5. The molecule has 1 aromatic heterocycles. The number of carbonyl (C=O) groups excluding carboxylic acids is 1. The highest BCUT2D eigenvalue weighted by molar-refractivity contribution is 7.13. The Bertz CT molecular complexity index is 403. The first-order chi connectivity index (χ1) is 8.08. The average Bonchev–Trinajstić information content (AvgIpc) is 2.75. The van der Waals surface area contributed by atoms with E-state index in [0.29, 0.717) is 19.7 Å². The van der Waals surface area contributed by atoms with Crippen molar-refractivity contribution in [3.8, 4) is 0 Å². The molecule has 1 saturated heterocycles. The second kappa shape index (κ2) is 5.16. The number of amides is 1. The smallest absolute Gasteiger partial charge is 0.264 e. The van der Waals surface area contributed by atoms with Gasteiger partial charge in [0, 0.05) is 24.0 Å². The summed E-state index contributed by atoms with van der Waals surface area (Å²) in [5, 5.41) is 0. The van der Waals surface area contributed by atoms with Gasteiger partial charge >= 0.3 is 0 Å². The quantitative estimate of drug-likeness (QED) is 0.864. The number of nitrogens with zero attached hydrogens (tertiary/aromatic N) is 1. The van der Waals surface area contributed by atoms with Crippen LogP contribution in [0, 0.1) is 6.92 Å². The van der Waals surface area contributed by atoms with Gasteiger partial charge in [-0.3, -0.25) is 4.79 Å². The lowest BCUT2D eigenvalue weighted by Gasteiger charge is -2.34. The second-order valence-electron chi connectivity index (χ2n) is 4.43. The van der Waals surface area contributed by atoms with Crippen LogP contribution in [0.3, 0.4) is 0 Å². The molecule has 0 radical (unpaired) electrons. The number of carbonyl (C=O) groups is 1. The van der Waals surface area contributed by atoms with Gasteiger partial charge in [-0.2, -0.15) is 0 Å². The Kier molecular flexibility index (Phi) is 3.81. The topological polar surface area (TPSA) is 55.6 Å². The summed E-state index contributed by atoms with van der Waals surface area (Å²) in [4.78, 5) is 16.0. The molecule has 0 aromatic carbocycles. The zero-order valence-corrected chi connectivity index (χ0v) is 11.0. The molecule has 2 atom stereocenters. The number of aryl methyl sites for hydroxylation is 1. The van der Waals surface area contributed by atoms with E-state index in [2.05, 4.69) is 0 Å². The number of hydrogen-bond donors (Lipinski definition) is 1. The molecule has 94 valence electrons. The van der Waals surface area contributed by atoms with E-state index in [9.17, 15) is 4.79 Å². The molecule has 2 rings (SSSR count). The van der Waals surface area contributed by atoms with E-state index in [0.717, 1.165) is 9.75 Å². The highest BCUT2D eigenvalue weighted by Gasteiger charge is 2.27. The van der Waals surface area contributed by atoms with E-state index in [1.165, 1.54) is 11.3 Å². The van der Waals surface area contributed by atoms with Crippen LogP contribution in [0.1, 0.15) is 21.5 Å². The standard InChI is InChI=1S/C12H18N2O2S/c1-8-3-4-11(17-8)12(15)14-5-6-16-10(7-14)9(2)13/h3-4,9-10H,5-7,13H2,1-2H3. The fourth-order valence-corrected chi connectivity index (χ4v) is 2.72. The minimum atomic E-state index is -0.0474. The maximum Gasteiger partial charge on any atom is 0.264 e. The van der Waals surface area contributed by atoms with E-state index >= 15 is 0 Å². The first-order valence-electron chi connectivity index (χ1n) is 5.81. The Morgan fingerprint density at radius 3 is 3.00 bits per heavy atom. The van der Waals surface area contributed by atoms with Gasteiger partial charge in [0.25, 0.3) is 5.91 Å². The van der Waals surface area contributed by atoms with E-state index in [-0.39, 0.29) is 18.1 Å². The summed E-state index contributed by atoms with van der Waals surface area (Å²) in [6, 6.07) is 3.82. The SMILES string of the molecule is Cc1ccc(C(=O)N2CCOC(C(C)N)C2)s1. The van der Waals surface area contributed by atoms with Gasteiger partial charge in [-0.15, -0.1) is 11.3 Å². The van der Waals surface area contributed by atoms with Crippen LogP contribution in [-0.2, 0) is 4.74 Å². The summed E-state index contributed by atoms with van der Waals surface area (Å²) >= 11 is 1.54. The molecular formula is C12H18N2O2S. The fourth-order valence-electron chi connectivity index (χ4n) is 1.88. The molecule has 2 heterocycles. The van der Waals surface area contributed by atoms with Crippen LogP contribution in [0.2, 0.25) is 0 Å². The zero-order valence-electron chi connectivity index (χ0n) is 10.2. The number of nitrogens with two attached hydrogens (primary N) is 1. The minimum Gasteiger partial charge on any atom is -0.373 e. The predicted molar refractivity (Wildman–Crippen MR) is 68.3 cm³/mol. The molecule has 0 spiro atoms. The number of morpholine rings is 1. The lowest BCUT2D eigenvalue weighted by atomic mass is 10.1. The number of thiophene rings is 1. The third kappa shape index (κ3) is 2.86. The summed E-state index contributed by atoms with van der Waals surface area (Å²) in [7, 11) is 0. The van der Waals surface area contributed by atoms with Crippen molar-refractivity contribution >= 4 is 17.2 Å². The molecule has 1 fully saturated rings. The summed E-state index contributed by atoms with van der Waals surface area (Å²) in [6.07, 6.45) is -0.0474. The monoisotopic (exact) mass is 254 g/mol. The Labute approximate surface area is 105 Å². The summed E-state index contributed by atoms with van der Waals surface area (Å²) in [6.45, 7) is 5.73. The molecule has 0 saturated carbocycles. The van der Waals surface area contributed by atoms with Crippen LogP contribution in [-0.4, -0.2) is 42.6 Å². The fraction of sp³-hybridized carbons (Fsp3) is 0.583. The molecule has 1 amide bonds. The van der Waals surface area contributed by atoms with Crippen molar-refractivity contribution in [1.29, 1.82) is 0 Å². The van der Waals surface area contributed by atoms with Crippen LogP contribution in [0.15, 0.2) is 12.1 Å². The number of hydrogen-bond acceptors (Lipinski definition) is 4. The minimum absolute atomic E-state index is 0.0457. The molecule has 1 aliphatic heterocycles. The van der Waals surface area contributed by atoms with Gasteiger partial charge in [0.1, 0.15) is 0 Å². The van der Waals surface area contributed by atoms with Crippen molar-refractivity contribution in [3.63, 3.8) is 0 Å². The molecule has 1 aromatic rings. The van der Waals surface area contributed by atoms with E-state index in [1.54, 1.807) is 0 Å². The summed E-state index contributed by atoms with van der Waals surface area (Å²) in [5.74, 6) is 0.0945. The van der Waals surface area contributed by atoms with Crippen molar-refractivity contribution in [2.75, 3.05) is 19.7 Å². The molecule has 5 heteroatoms. The van der Waals surface area contributed by atoms with Gasteiger partial charge in [-0.1, -0.05) is 0 Å². The Hall–Kier alpha value is -0.910. The van der Waals surface area contributed by atoms with Crippen LogP contribution < -0.4 is 5.73 Å². The third-order valence-corrected chi connectivity index (χ3v) is 3.91. The van der Waals surface area contributed by atoms with Gasteiger partial charge in [-0.25, -0.2) is 0 Å². The van der Waals surface area contributed by atoms with Gasteiger partial charge in [0.05, 0.1) is 17.6 Å². The van der Waals surface area contributed by atoms with Crippen LogP contribution in [0.25, 0.3) is 0 Å². The summed E-state index contributed by atoms with van der Waals surface area (Å²) < 4.78 is 5.55.